The Labute approximate surface area is 136 Å². The van der Waals surface area contributed by atoms with E-state index in [1.165, 1.54) is 14.2 Å². The zero-order chi connectivity index (χ0) is 16.9. The summed E-state index contributed by atoms with van der Waals surface area (Å²) in [5.41, 5.74) is 0. The van der Waals surface area contributed by atoms with Crippen molar-refractivity contribution in [1.29, 1.82) is 0 Å². The SMILES string of the molecule is COc1cc(F)c(S(=O)(=O)NCCC2CCCNC2)cc1OC. The van der Waals surface area contributed by atoms with Crippen LogP contribution in [0.1, 0.15) is 19.3 Å². The molecule has 0 bridgehead atoms. The van der Waals surface area contributed by atoms with Crippen LogP contribution in [-0.4, -0.2) is 42.3 Å². The van der Waals surface area contributed by atoms with Gasteiger partial charge < -0.3 is 14.8 Å². The molecular weight excluding hydrogens is 323 g/mol. The van der Waals surface area contributed by atoms with Crippen molar-refractivity contribution in [2.24, 2.45) is 5.92 Å². The minimum absolute atomic E-state index is 0.150. The number of halogens is 1. The van der Waals surface area contributed by atoms with Crippen LogP contribution in [0.3, 0.4) is 0 Å². The van der Waals surface area contributed by atoms with E-state index in [1.807, 2.05) is 0 Å². The van der Waals surface area contributed by atoms with E-state index in [-0.39, 0.29) is 18.0 Å². The fourth-order valence-corrected chi connectivity index (χ4v) is 3.81. The molecule has 0 amide bonds. The van der Waals surface area contributed by atoms with Crippen LogP contribution in [0, 0.1) is 11.7 Å². The highest BCUT2D eigenvalue weighted by atomic mass is 32.2. The highest BCUT2D eigenvalue weighted by molar-refractivity contribution is 7.89. The Morgan fingerprint density at radius 3 is 2.61 bits per heavy atom. The predicted molar refractivity (Wildman–Crippen MR) is 84.9 cm³/mol. The Kier molecular flexibility index (Phi) is 6.20. The van der Waals surface area contributed by atoms with Crippen molar-refractivity contribution < 1.29 is 22.3 Å². The van der Waals surface area contributed by atoms with Crippen LogP contribution in [0.15, 0.2) is 17.0 Å². The molecule has 23 heavy (non-hydrogen) atoms. The van der Waals surface area contributed by atoms with Gasteiger partial charge in [0.2, 0.25) is 10.0 Å². The van der Waals surface area contributed by atoms with Gasteiger partial charge in [-0.25, -0.2) is 17.5 Å². The Balaban J connectivity index is 2.06. The van der Waals surface area contributed by atoms with Crippen LogP contribution in [0.25, 0.3) is 0 Å². The Hall–Kier alpha value is -1.38. The summed E-state index contributed by atoms with van der Waals surface area (Å²) >= 11 is 0. The lowest BCUT2D eigenvalue weighted by Gasteiger charge is -2.22. The maximum atomic E-state index is 14.1. The molecule has 0 aliphatic carbocycles. The minimum atomic E-state index is -3.93. The molecule has 1 heterocycles. The molecule has 8 heteroatoms. The van der Waals surface area contributed by atoms with Gasteiger partial charge in [-0.1, -0.05) is 0 Å². The van der Waals surface area contributed by atoms with Crippen LogP contribution < -0.4 is 19.5 Å². The molecule has 6 nitrogen and oxygen atoms in total. The topological polar surface area (TPSA) is 76.7 Å². The maximum absolute atomic E-state index is 14.1. The number of benzene rings is 1. The van der Waals surface area contributed by atoms with Gasteiger partial charge in [0.05, 0.1) is 14.2 Å². The van der Waals surface area contributed by atoms with Crippen molar-refractivity contribution >= 4 is 10.0 Å². The van der Waals surface area contributed by atoms with Gasteiger partial charge in [0.1, 0.15) is 10.7 Å². The van der Waals surface area contributed by atoms with Crippen molar-refractivity contribution in [2.75, 3.05) is 33.9 Å². The van der Waals surface area contributed by atoms with E-state index in [4.69, 9.17) is 9.47 Å². The largest absolute Gasteiger partial charge is 0.493 e. The van der Waals surface area contributed by atoms with E-state index >= 15 is 0 Å². The number of hydrogen-bond donors (Lipinski definition) is 2. The summed E-state index contributed by atoms with van der Waals surface area (Å²) in [5.74, 6) is -0.0980. The van der Waals surface area contributed by atoms with Crippen molar-refractivity contribution in [3.63, 3.8) is 0 Å². The first-order valence-electron chi connectivity index (χ1n) is 7.60. The average molecular weight is 346 g/mol. The molecule has 1 aliphatic rings. The molecular formula is C15H23FN2O4S. The van der Waals surface area contributed by atoms with E-state index in [2.05, 4.69) is 10.0 Å². The smallest absolute Gasteiger partial charge is 0.243 e. The number of sulfonamides is 1. The first-order chi connectivity index (χ1) is 11.0. The highest BCUT2D eigenvalue weighted by Crippen LogP contribution is 2.31. The van der Waals surface area contributed by atoms with E-state index in [9.17, 15) is 12.8 Å². The minimum Gasteiger partial charge on any atom is -0.493 e. The van der Waals surface area contributed by atoms with Crippen LogP contribution in [0.2, 0.25) is 0 Å². The molecule has 1 aromatic carbocycles. The lowest BCUT2D eigenvalue weighted by Crippen LogP contribution is -2.33. The zero-order valence-electron chi connectivity index (χ0n) is 13.4. The standard InChI is InChI=1S/C15H23FN2O4S/c1-21-13-8-12(16)15(9-14(13)22-2)23(19,20)18-7-5-11-4-3-6-17-10-11/h8-9,11,17-18H,3-7,10H2,1-2H3. The van der Waals surface area contributed by atoms with Crippen molar-refractivity contribution in [3.05, 3.63) is 17.9 Å². The van der Waals surface area contributed by atoms with Gasteiger partial charge in [0, 0.05) is 18.7 Å². The molecule has 1 aromatic rings. The first kappa shape index (κ1) is 18.0. The van der Waals surface area contributed by atoms with Gasteiger partial charge in [0.15, 0.2) is 11.5 Å². The second kappa shape index (κ2) is 7.94. The molecule has 2 N–H and O–H groups in total. The first-order valence-corrected chi connectivity index (χ1v) is 9.08. The zero-order valence-corrected chi connectivity index (χ0v) is 14.2. The van der Waals surface area contributed by atoms with E-state index in [0.717, 1.165) is 44.5 Å². The van der Waals surface area contributed by atoms with Crippen LogP contribution in [0.5, 0.6) is 11.5 Å². The third-order valence-electron chi connectivity index (χ3n) is 3.97. The molecule has 0 saturated carbocycles. The summed E-state index contributed by atoms with van der Waals surface area (Å²) in [6.45, 7) is 2.19. The van der Waals surface area contributed by atoms with E-state index in [0.29, 0.717) is 5.92 Å². The van der Waals surface area contributed by atoms with Gasteiger partial charge in [0.25, 0.3) is 0 Å². The number of methoxy groups -OCH3 is 2. The highest BCUT2D eigenvalue weighted by Gasteiger charge is 2.23. The van der Waals surface area contributed by atoms with Crippen LogP contribution in [0.4, 0.5) is 4.39 Å². The molecule has 1 atom stereocenters. The van der Waals surface area contributed by atoms with E-state index in [1.54, 1.807) is 0 Å². The number of piperidine rings is 1. The Morgan fingerprint density at radius 1 is 1.30 bits per heavy atom. The normalized spacial score (nSPS) is 18.7. The van der Waals surface area contributed by atoms with Crippen molar-refractivity contribution in [2.45, 2.75) is 24.2 Å². The molecule has 1 aliphatic heterocycles. The number of rotatable bonds is 7. The molecule has 130 valence electrons. The average Bonchev–Trinajstić information content (AvgIpc) is 2.55. The predicted octanol–water partition coefficient (Wildman–Crippen LogP) is 1.51. The van der Waals surface area contributed by atoms with Crippen LogP contribution in [-0.2, 0) is 10.0 Å². The number of ether oxygens (including phenoxy) is 2. The van der Waals surface area contributed by atoms with Gasteiger partial charge in [-0.15, -0.1) is 0 Å². The van der Waals surface area contributed by atoms with Gasteiger partial charge in [-0.2, -0.15) is 0 Å². The Morgan fingerprint density at radius 2 is 2.00 bits per heavy atom. The molecule has 1 saturated heterocycles. The molecule has 2 rings (SSSR count). The van der Waals surface area contributed by atoms with Gasteiger partial charge in [-0.3, -0.25) is 0 Å². The van der Waals surface area contributed by atoms with Crippen molar-refractivity contribution in [3.8, 4) is 11.5 Å². The lowest BCUT2D eigenvalue weighted by atomic mass is 9.96. The Bertz CT molecular complexity index is 631. The third-order valence-corrected chi connectivity index (χ3v) is 5.45. The second-order valence-corrected chi connectivity index (χ2v) is 7.27. The van der Waals surface area contributed by atoms with E-state index < -0.39 is 20.7 Å². The quantitative estimate of drug-likeness (QED) is 0.783. The summed E-state index contributed by atoms with van der Waals surface area (Å²) in [6.07, 6.45) is 2.91. The fourth-order valence-electron chi connectivity index (χ4n) is 2.69. The summed E-state index contributed by atoms with van der Waals surface area (Å²) in [6, 6.07) is 2.15. The number of hydrogen-bond acceptors (Lipinski definition) is 5. The second-order valence-electron chi connectivity index (χ2n) is 5.54. The summed E-state index contributed by atoms with van der Waals surface area (Å²) in [5, 5.41) is 3.28. The van der Waals surface area contributed by atoms with Gasteiger partial charge >= 0.3 is 0 Å². The molecule has 0 spiro atoms. The molecule has 1 unspecified atom stereocenters. The molecule has 0 aromatic heterocycles. The summed E-state index contributed by atoms with van der Waals surface area (Å²) in [7, 11) is -1.20. The fraction of sp³-hybridized carbons (Fsp3) is 0.600. The molecule has 1 fully saturated rings. The van der Waals surface area contributed by atoms with Gasteiger partial charge in [-0.05, 0) is 38.3 Å². The maximum Gasteiger partial charge on any atom is 0.243 e. The van der Waals surface area contributed by atoms with Crippen LogP contribution >= 0.6 is 0 Å². The monoisotopic (exact) mass is 346 g/mol. The third kappa shape index (κ3) is 4.55. The van der Waals surface area contributed by atoms with Crippen molar-refractivity contribution in [1.82, 2.24) is 10.0 Å². The lowest BCUT2D eigenvalue weighted by molar-refractivity contribution is 0.350. The number of nitrogens with one attached hydrogen (secondary N) is 2. The summed E-state index contributed by atoms with van der Waals surface area (Å²) in [4.78, 5) is -0.433. The molecule has 0 radical (unpaired) electrons. The summed E-state index contributed by atoms with van der Waals surface area (Å²) < 4.78 is 51.1.